The number of fused-ring (bicyclic) bond motifs is 1. The number of anilines is 1. The number of aromatic nitrogens is 2. The average molecular weight is 403 g/mol. The molecule has 1 aliphatic heterocycles. The number of benzene rings is 1. The average Bonchev–Trinajstić information content (AvgIpc) is 3.03. The monoisotopic (exact) mass is 403 g/mol. The quantitative estimate of drug-likeness (QED) is 0.612. The summed E-state index contributed by atoms with van der Waals surface area (Å²) in [4.78, 5) is 23.3. The number of carbonyl (C=O) groups is 2. The van der Waals surface area contributed by atoms with Crippen LogP contribution in [-0.2, 0) is 16.6 Å². The van der Waals surface area contributed by atoms with Crippen LogP contribution in [0, 0.1) is 11.2 Å². The van der Waals surface area contributed by atoms with Gasteiger partial charge in [0.25, 0.3) is 6.71 Å². The zero-order chi connectivity index (χ0) is 21.4. The summed E-state index contributed by atoms with van der Waals surface area (Å²) in [5.74, 6) is -0.150. The van der Waals surface area contributed by atoms with Crippen molar-refractivity contribution in [3.63, 3.8) is 0 Å². The number of nitriles is 1. The van der Waals surface area contributed by atoms with E-state index in [9.17, 15) is 18.4 Å². The van der Waals surface area contributed by atoms with Crippen LogP contribution in [0.1, 0.15) is 19.3 Å². The Morgan fingerprint density at radius 1 is 1.48 bits per heavy atom. The predicted octanol–water partition coefficient (Wildman–Crippen LogP) is 2.65. The molecule has 0 aliphatic carbocycles. The maximum absolute atomic E-state index is 12.5. The van der Waals surface area contributed by atoms with Crippen LogP contribution in [0.2, 0.25) is 12.6 Å². The first-order chi connectivity index (χ1) is 13.8. The second-order valence-electron chi connectivity index (χ2n) is 7.10. The van der Waals surface area contributed by atoms with Crippen LogP contribution in [0.25, 0.3) is 10.9 Å². The first kappa shape index (κ1) is 22.3. The molecule has 10 heteroatoms. The molecule has 1 fully saturated rings. The fourth-order valence-electron chi connectivity index (χ4n) is 3.27. The van der Waals surface area contributed by atoms with Crippen LogP contribution in [0.5, 0.6) is 0 Å². The van der Waals surface area contributed by atoms with Crippen molar-refractivity contribution < 1.29 is 18.4 Å². The second-order valence-corrected chi connectivity index (χ2v) is 7.10. The fraction of sp³-hybridized carbons (Fsp3) is 0.474. The number of nitrogens with one attached hydrogen (secondary N) is 1. The highest BCUT2D eigenvalue weighted by atomic mass is 19.3. The lowest BCUT2D eigenvalue weighted by Crippen LogP contribution is -2.30. The molecule has 1 N–H and O–H groups in total. The SMILES string of the molecule is CN(CCC(=O)NC=O)c1nn(C)c2ccccc12.N#CB1CCCC(F)(F)C1. The summed E-state index contributed by atoms with van der Waals surface area (Å²) >= 11 is 0. The van der Waals surface area contributed by atoms with Gasteiger partial charge in [-0.25, -0.2) is 14.0 Å². The molecule has 29 heavy (non-hydrogen) atoms. The number of rotatable bonds is 5. The molecule has 1 aliphatic rings. The molecule has 1 aromatic heterocycles. The number of hydrogen-bond donors (Lipinski definition) is 1. The van der Waals surface area contributed by atoms with Gasteiger partial charge in [0, 0.05) is 51.2 Å². The van der Waals surface area contributed by atoms with Crippen molar-refractivity contribution in [1.82, 2.24) is 15.1 Å². The van der Waals surface area contributed by atoms with Crippen LogP contribution in [0.4, 0.5) is 14.6 Å². The van der Waals surface area contributed by atoms with Crippen molar-refractivity contribution in [2.45, 2.75) is 37.8 Å². The molecule has 2 amide bonds. The Bertz CT molecular complexity index is 896. The topological polar surface area (TPSA) is 91.0 Å². The highest BCUT2D eigenvalue weighted by Gasteiger charge is 2.38. The van der Waals surface area contributed by atoms with Gasteiger partial charge in [-0.15, -0.1) is 0 Å². The minimum atomic E-state index is -2.57. The van der Waals surface area contributed by atoms with E-state index in [1.807, 2.05) is 53.9 Å². The van der Waals surface area contributed by atoms with Crippen molar-refractivity contribution in [1.29, 1.82) is 5.26 Å². The second kappa shape index (κ2) is 10.0. The lowest BCUT2D eigenvalue weighted by Gasteiger charge is -2.22. The molecule has 0 bridgehead atoms. The molecular formula is C19H24BF2N5O2. The van der Waals surface area contributed by atoms with E-state index in [1.165, 1.54) is 0 Å². The van der Waals surface area contributed by atoms with Gasteiger partial charge >= 0.3 is 0 Å². The first-order valence-electron chi connectivity index (χ1n) is 9.40. The summed E-state index contributed by atoms with van der Waals surface area (Å²) in [6, 6.07) is 7.92. The summed E-state index contributed by atoms with van der Waals surface area (Å²) in [7, 11) is 3.77. The van der Waals surface area contributed by atoms with E-state index in [-0.39, 0.29) is 25.1 Å². The molecule has 0 radical (unpaired) electrons. The van der Waals surface area contributed by atoms with E-state index in [0.717, 1.165) is 16.7 Å². The van der Waals surface area contributed by atoms with Crippen LogP contribution in [-0.4, -0.2) is 48.3 Å². The van der Waals surface area contributed by atoms with Crippen LogP contribution in [0.3, 0.4) is 0 Å². The Kier molecular flexibility index (Phi) is 7.70. The van der Waals surface area contributed by atoms with Crippen LogP contribution >= 0.6 is 0 Å². The molecule has 2 heterocycles. The molecule has 1 aromatic carbocycles. The van der Waals surface area contributed by atoms with Gasteiger partial charge in [-0.3, -0.25) is 19.6 Å². The molecule has 0 unspecified atom stereocenters. The minimum Gasteiger partial charge on any atom is -0.357 e. The van der Waals surface area contributed by atoms with Gasteiger partial charge in [0.2, 0.25) is 18.2 Å². The Morgan fingerprint density at radius 2 is 2.21 bits per heavy atom. The summed E-state index contributed by atoms with van der Waals surface area (Å²) in [6.07, 6.45) is 1.52. The first-order valence-corrected chi connectivity index (χ1v) is 9.40. The molecule has 3 rings (SSSR count). The Balaban J connectivity index is 0.000000253. The van der Waals surface area contributed by atoms with Crippen molar-refractivity contribution in [3.05, 3.63) is 24.3 Å². The van der Waals surface area contributed by atoms with Gasteiger partial charge in [-0.05, 0) is 12.1 Å². The van der Waals surface area contributed by atoms with Gasteiger partial charge in [-0.1, -0.05) is 24.9 Å². The van der Waals surface area contributed by atoms with Gasteiger partial charge < -0.3 is 4.90 Å². The van der Waals surface area contributed by atoms with E-state index < -0.39 is 12.6 Å². The summed E-state index contributed by atoms with van der Waals surface area (Å²) in [6.45, 7) is 0.0875. The summed E-state index contributed by atoms with van der Waals surface area (Å²) in [5.41, 5.74) is 1.04. The standard InChI is InChI=1S/C13H16N4O2.C6H8BF2N/c1-16(8-7-12(19)14-9-18)13-10-5-3-4-6-11(10)17(2)15-13;8-6(9)2-1-3-7(4-6)5-10/h3-6,9H,7-8H2,1-2H3,(H,14,18,19);1-4H2. The maximum atomic E-state index is 12.5. The van der Waals surface area contributed by atoms with E-state index >= 15 is 0 Å². The third kappa shape index (κ3) is 6.27. The highest BCUT2D eigenvalue weighted by Crippen LogP contribution is 2.33. The third-order valence-electron chi connectivity index (χ3n) is 4.82. The molecular weight excluding hydrogens is 379 g/mol. The predicted molar refractivity (Wildman–Crippen MR) is 108 cm³/mol. The lowest BCUT2D eigenvalue weighted by atomic mass is 9.42. The van der Waals surface area contributed by atoms with Gasteiger partial charge in [0.05, 0.1) is 5.52 Å². The van der Waals surface area contributed by atoms with Crippen LogP contribution in [0.15, 0.2) is 24.3 Å². The highest BCUT2D eigenvalue weighted by molar-refractivity contribution is 6.67. The Hall–Kier alpha value is -2.96. The van der Waals surface area contributed by atoms with E-state index in [2.05, 4.69) is 10.4 Å². The number of aryl methyl sites for hydroxylation is 1. The number of para-hydroxylation sites is 1. The summed E-state index contributed by atoms with van der Waals surface area (Å²) in [5, 5.41) is 16.0. The number of hydrogen-bond acceptors (Lipinski definition) is 5. The maximum Gasteiger partial charge on any atom is 0.273 e. The van der Waals surface area contributed by atoms with Crippen molar-refractivity contribution in [3.8, 4) is 5.97 Å². The van der Waals surface area contributed by atoms with Gasteiger partial charge in [0.15, 0.2) is 5.82 Å². The molecule has 1 saturated heterocycles. The number of imide groups is 1. The van der Waals surface area contributed by atoms with Gasteiger partial charge in [0.1, 0.15) is 0 Å². The zero-order valence-corrected chi connectivity index (χ0v) is 16.6. The largest absolute Gasteiger partial charge is 0.357 e. The number of carbonyl (C=O) groups excluding carboxylic acids is 2. The smallest absolute Gasteiger partial charge is 0.273 e. The third-order valence-corrected chi connectivity index (χ3v) is 4.82. The molecule has 154 valence electrons. The van der Waals surface area contributed by atoms with Crippen LogP contribution < -0.4 is 10.2 Å². The van der Waals surface area contributed by atoms with E-state index in [1.54, 1.807) is 0 Å². The molecule has 0 spiro atoms. The molecule has 0 saturated carbocycles. The minimum absolute atomic E-state index is 0.0365. The number of halogens is 2. The van der Waals surface area contributed by atoms with Crippen molar-refractivity contribution >= 4 is 35.8 Å². The number of nitrogens with zero attached hydrogens (tertiary/aromatic N) is 4. The zero-order valence-electron chi connectivity index (χ0n) is 16.6. The fourth-order valence-corrected chi connectivity index (χ4v) is 3.27. The Labute approximate surface area is 168 Å². The molecule has 0 atom stereocenters. The van der Waals surface area contributed by atoms with Gasteiger partial charge in [-0.2, -0.15) is 5.10 Å². The molecule has 7 nitrogen and oxygen atoms in total. The number of amides is 2. The number of alkyl halides is 2. The Morgan fingerprint density at radius 3 is 2.83 bits per heavy atom. The van der Waals surface area contributed by atoms with E-state index in [4.69, 9.17) is 5.26 Å². The summed E-state index contributed by atoms with van der Waals surface area (Å²) < 4.78 is 26.8. The van der Waals surface area contributed by atoms with Crippen molar-refractivity contribution in [2.75, 3.05) is 18.5 Å². The normalized spacial score (nSPS) is 15.1. The lowest BCUT2D eigenvalue weighted by molar-refractivity contribution is -0.125. The van der Waals surface area contributed by atoms with E-state index in [0.29, 0.717) is 25.7 Å². The molecule has 2 aromatic rings. The van der Waals surface area contributed by atoms with Crippen molar-refractivity contribution in [2.24, 2.45) is 7.05 Å².